The lowest BCUT2D eigenvalue weighted by atomic mass is 9.96. The number of anilines is 1. The van der Waals surface area contributed by atoms with Gasteiger partial charge in [0.25, 0.3) is 0 Å². The highest BCUT2D eigenvalue weighted by molar-refractivity contribution is 5.91. The van der Waals surface area contributed by atoms with Crippen LogP contribution >= 0.6 is 0 Å². The molecule has 0 fully saturated rings. The lowest BCUT2D eigenvalue weighted by molar-refractivity contribution is -0.120. The molecule has 1 amide bonds. The second-order valence-electron chi connectivity index (χ2n) is 4.41. The maximum absolute atomic E-state index is 12.6. The standard InChI is InChI=1S/C12H18FN3O/c1-8(2)5-9(6-14)12(17)16-11-4-3-10(13)7-15-11/h3-4,7-9H,5-6,14H2,1-2H3,(H,15,16,17). The Kier molecular flexibility index (Phi) is 5.03. The molecule has 3 N–H and O–H groups in total. The molecule has 0 aliphatic carbocycles. The molecule has 1 atom stereocenters. The first-order chi connectivity index (χ1) is 8.02. The number of nitrogens with one attached hydrogen (secondary N) is 1. The van der Waals surface area contributed by atoms with Gasteiger partial charge in [0.1, 0.15) is 11.6 Å². The van der Waals surface area contributed by atoms with Gasteiger partial charge in [0.05, 0.1) is 12.1 Å². The smallest absolute Gasteiger partial charge is 0.229 e. The molecule has 0 saturated heterocycles. The largest absolute Gasteiger partial charge is 0.330 e. The Morgan fingerprint density at radius 1 is 1.53 bits per heavy atom. The van der Waals surface area contributed by atoms with E-state index in [1.54, 1.807) is 0 Å². The lowest BCUT2D eigenvalue weighted by Gasteiger charge is -2.16. The minimum absolute atomic E-state index is 0.166. The molecule has 0 aliphatic rings. The van der Waals surface area contributed by atoms with Crippen molar-refractivity contribution in [2.24, 2.45) is 17.6 Å². The van der Waals surface area contributed by atoms with Crippen LogP contribution in [0.25, 0.3) is 0 Å². The van der Waals surface area contributed by atoms with Gasteiger partial charge in [-0.05, 0) is 24.5 Å². The Morgan fingerprint density at radius 3 is 2.71 bits per heavy atom. The monoisotopic (exact) mass is 239 g/mol. The molecule has 0 radical (unpaired) electrons. The minimum atomic E-state index is -0.430. The topological polar surface area (TPSA) is 68.0 Å². The normalized spacial score (nSPS) is 12.5. The summed E-state index contributed by atoms with van der Waals surface area (Å²) in [6.07, 6.45) is 1.79. The van der Waals surface area contributed by atoms with Crippen molar-refractivity contribution in [3.8, 4) is 0 Å². The van der Waals surface area contributed by atoms with Crippen LogP contribution in [0.1, 0.15) is 20.3 Å². The lowest BCUT2D eigenvalue weighted by Crippen LogP contribution is -2.30. The van der Waals surface area contributed by atoms with E-state index in [1.165, 1.54) is 12.1 Å². The maximum atomic E-state index is 12.6. The van der Waals surface area contributed by atoms with Crippen molar-refractivity contribution in [1.29, 1.82) is 0 Å². The second kappa shape index (κ2) is 6.30. The van der Waals surface area contributed by atoms with Crippen LogP contribution in [0.3, 0.4) is 0 Å². The average Bonchev–Trinajstić information content (AvgIpc) is 2.28. The van der Waals surface area contributed by atoms with Crippen molar-refractivity contribution in [2.45, 2.75) is 20.3 Å². The second-order valence-corrected chi connectivity index (χ2v) is 4.41. The number of aromatic nitrogens is 1. The fourth-order valence-electron chi connectivity index (χ4n) is 1.56. The molecule has 5 heteroatoms. The van der Waals surface area contributed by atoms with E-state index in [1.807, 2.05) is 13.8 Å². The van der Waals surface area contributed by atoms with Crippen LogP contribution in [0.4, 0.5) is 10.2 Å². The first kappa shape index (κ1) is 13.6. The van der Waals surface area contributed by atoms with Crippen LogP contribution in [-0.2, 0) is 4.79 Å². The van der Waals surface area contributed by atoms with Gasteiger partial charge in [-0.3, -0.25) is 4.79 Å². The highest BCUT2D eigenvalue weighted by Gasteiger charge is 2.18. The Hall–Kier alpha value is -1.49. The molecular formula is C12H18FN3O. The molecule has 0 spiro atoms. The van der Waals surface area contributed by atoms with E-state index in [2.05, 4.69) is 10.3 Å². The summed E-state index contributed by atoms with van der Waals surface area (Å²) >= 11 is 0. The summed E-state index contributed by atoms with van der Waals surface area (Å²) < 4.78 is 12.6. The number of amides is 1. The molecule has 94 valence electrons. The van der Waals surface area contributed by atoms with Crippen LogP contribution in [-0.4, -0.2) is 17.4 Å². The van der Waals surface area contributed by atoms with Crippen LogP contribution in [0.2, 0.25) is 0 Å². The first-order valence-electron chi connectivity index (χ1n) is 5.65. The summed E-state index contributed by atoms with van der Waals surface area (Å²) in [6, 6.07) is 2.68. The van der Waals surface area contributed by atoms with Crippen molar-refractivity contribution in [2.75, 3.05) is 11.9 Å². The maximum Gasteiger partial charge on any atom is 0.229 e. The Balaban J connectivity index is 2.60. The van der Waals surface area contributed by atoms with E-state index in [9.17, 15) is 9.18 Å². The van der Waals surface area contributed by atoms with Gasteiger partial charge in [0, 0.05) is 6.54 Å². The number of rotatable bonds is 5. The van der Waals surface area contributed by atoms with Crippen molar-refractivity contribution in [3.63, 3.8) is 0 Å². The van der Waals surface area contributed by atoms with E-state index in [0.29, 0.717) is 18.3 Å². The number of halogens is 1. The van der Waals surface area contributed by atoms with E-state index in [-0.39, 0.29) is 11.8 Å². The molecule has 1 aromatic rings. The quantitative estimate of drug-likeness (QED) is 0.823. The zero-order valence-electron chi connectivity index (χ0n) is 10.1. The third-order valence-electron chi connectivity index (χ3n) is 2.39. The van der Waals surface area contributed by atoms with Crippen LogP contribution in [0, 0.1) is 17.7 Å². The number of carbonyl (C=O) groups excluding carboxylic acids is 1. The molecule has 4 nitrogen and oxygen atoms in total. The van der Waals surface area contributed by atoms with Gasteiger partial charge in [-0.1, -0.05) is 13.8 Å². The zero-order valence-corrected chi connectivity index (χ0v) is 10.1. The molecule has 17 heavy (non-hydrogen) atoms. The average molecular weight is 239 g/mol. The number of nitrogens with zero attached hydrogens (tertiary/aromatic N) is 1. The predicted molar refractivity (Wildman–Crippen MR) is 64.8 cm³/mol. The molecular weight excluding hydrogens is 221 g/mol. The Morgan fingerprint density at radius 2 is 2.24 bits per heavy atom. The number of hydrogen-bond donors (Lipinski definition) is 2. The fraction of sp³-hybridized carbons (Fsp3) is 0.500. The summed E-state index contributed by atoms with van der Waals surface area (Å²) in [5, 5.41) is 2.63. The summed E-state index contributed by atoms with van der Waals surface area (Å²) in [4.78, 5) is 15.6. The van der Waals surface area contributed by atoms with Crippen molar-refractivity contribution >= 4 is 11.7 Å². The van der Waals surface area contributed by atoms with Crippen molar-refractivity contribution < 1.29 is 9.18 Å². The number of pyridine rings is 1. The molecule has 0 saturated carbocycles. The van der Waals surface area contributed by atoms with Gasteiger partial charge in [-0.2, -0.15) is 0 Å². The summed E-state index contributed by atoms with van der Waals surface area (Å²) in [7, 11) is 0. The Bertz CT molecular complexity index is 365. The molecule has 1 heterocycles. The van der Waals surface area contributed by atoms with Gasteiger partial charge in [-0.25, -0.2) is 9.37 Å². The van der Waals surface area contributed by atoms with Gasteiger partial charge >= 0.3 is 0 Å². The third kappa shape index (κ3) is 4.48. The van der Waals surface area contributed by atoms with Crippen LogP contribution in [0.5, 0.6) is 0 Å². The predicted octanol–water partition coefficient (Wildman–Crippen LogP) is 1.78. The van der Waals surface area contributed by atoms with Crippen molar-refractivity contribution in [3.05, 3.63) is 24.1 Å². The van der Waals surface area contributed by atoms with Crippen molar-refractivity contribution in [1.82, 2.24) is 4.98 Å². The highest BCUT2D eigenvalue weighted by Crippen LogP contribution is 2.13. The summed E-state index contributed by atoms with van der Waals surface area (Å²) in [5.74, 6) is -0.0863. The van der Waals surface area contributed by atoms with E-state index < -0.39 is 5.82 Å². The van der Waals surface area contributed by atoms with Gasteiger partial charge < -0.3 is 11.1 Å². The van der Waals surface area contributed by atoms with E-state index in [4.69, 9.17) is 5.73 Å². The van der Waals surface area contributed by atoms with Gasteiger partial charge in [0.15, 0.2) is 0 Å². The van der Waals surface area contributed by atoms with Crippen LogP contribution in [0.15, 0.2) is 18.3 Å². The molecule has 1 aromatic heterocycles. The zero-order chi connectivity index (χ0) is 12.8. The van der Waals surface area contributed by atoms with E-state index >= 15 is 0 Å². The first-order valence-corrected chi connectivity index (χ1v) is 5.65. The van der Waals surface area contributed by atoms with Gasteiger partial charge in [-0.15, -0.1) is 0 Å². The van der Waals surface area contributed by atoms with Gasteiger partial charge in [0.2, 0.25) is 5.91 Å². The number of hydrogen-bond acceptors (Lipinski definition) is 3. The molecule has 0 aromatic carbocycles. The molecule has 0 aliphatic heterocycles. The molecule has 1 unspecified atom stereocenters. The fourth-order valence-corrected chi connectivity index (χ4v) is 1.56. The minimum Gasteiger partial charge on any atom is -0.330 e. The summed E-state index contributed by atoms with van der Waals surface area (Å²) in [6.45, 7) is 4.36. The number of carbonyl (C=O) groups is 1. The third-order valence-corrected chi connectivity index (χ3v) is 2.39. The highest BCUT2D eigenvalue weighted by atomic mass is 19.1. The molecule has 1 rings (SSSR count). The van der Waals surface area contributed by atoms with E-state index in [0.717, 1.165) is 12.6 Å². The Labute approximate surface area is 100 Å². The number of nitrogens with two attached hydrogens (primary N) is 1. The van der Waals surface area contributed by atoms with Crippen LogP contribution < -0.4 is 11.1 Å². The summed E-state index contributed by atoms with van der Waals surface area (Å²) in [5.41, 5.74) is 5.56. The SMILES string of the molecule is CC(C)CC(CN)C(=O)Nc1ccc(F)cn1. The molecule has 0 bridgehead atoms.